The highest BCUT2D eigenvalue weighted by atomic mass is 35.5. The SMILES string of the molecule is CC[C@@H](Oc1ccc(Cl)cc1)C(=O)Nc1ccc(S(=O)(=O)Nc2ccc(C)c(C)c2)cc1. The van der Waals surface area contributed by atoms with Gasteiger partial charge in [-0.1, -0.05) is 24.6 Å². The van der Waals surface area contributed by atoms with E-state index in [-0.39, 0.29) is 10.8 Å². The fourth-order valence-corrected chi connectivity index (χ4v) is 4.13. The largest absolute Gasteiger partial charge is 0.481 e. The van der Waals surface area contributed by atoms with Gasteiger partial charge in [-0.2, -0.15) is 0 Å². The Hall–Kier alpha value is -3.03. The maximum atomic E-state index is 12.7. The van der Waals surface area contributed by atoms with Gasteiger partial charge in [0, 0.05) is 16.4 Å². The Morgan fingerprint density at radius 2 is 1.56 bits per heavy atom. The van der Waals surface area contributed by atoms with Crippen LogP contribution in [0.1, 0.15) is 24.5 Å². The van der Waals surface area contributed by atoms with Gasteiger partial charge in [0.05, 0.1) is 4.90 Å². The average molecular weight is 473 g/mol. The smallest absolute Gasteiger partial charge is 0.265 e. The van der Waals surface area contributed by atoms with E-state index in [1.807, 2.05) is 26.8 Å². The lowest BCUT2D eigenvalue weighted by Gasteiger charge is -2.17. The lowest BCUT2D eigenvalue weighted by atomic mass is 10.1. The van der Waals surface area contributed by atoms with Crippen molar-refractivity contribution in [2.45, 2.75) is 38.2 Å². The van der Waals surface area contributed by atoms with Gasteiger partial charge in [-0.15, -0.1) is 0 Å². The van der Waals surface area contributed by atoms with Crippen molar-refractivity contribution in [1.82, 2.24) is 0 Å². The number of halogens is 1. The van der Waals surface area contributed by atoms with E-state index >= 15 is 0 Å². The molecule has 0 aromatic heterocycles. The molecule has 3 aromatic carbocycles. The Bertz CT molecular complexity index is 1190. The van der Waals surface area contributed by atoms with E-state index in [9.17, 15) is 13.2 Å². The van der Waals surface area contributed by atoms with E-state index in [1.54, 1.807) is 48.5 Å². The molecule has 0 radical (unpaired) electrons. The molecule has 0 bridgehead atoms. The highest BCUT2D eigenvalue weighted by molar-refractivity contribution is 7.92. The summed E-state index contributed by atoms with van der Waals surface area (Å²) in [6.07, 6.45) is -0.244. The molecular weight excluding hydrogens is 448 g/mol. The van der Waals surface area contributed by atoms with Crippen molar-refractivity contribution in [3.05, 3.63) is 82.9 Å². The molecule has 6 nitrogen and oxygen atoms in total. The molecule has 0 aliphatic carbocycles. The molecule has 0 saturated carbocycles. The summed E-state index contributed by atoms with van der Waals surface area (Å²) in [6, 6.07) is 18.1. The van der Waals surface area contributed by atoms with Crippen LogP contribution in [0.25, 0.3) is 0 Å². The molecule has 1 amide bonds. The minimum absolute atomic E-state index is 0.0955. The second kappa shape index (κ2) is 10.1. The number of rotatable bonds is 8. The summed E-state index contributed by atoms with van der Waals surface area (Å²) in [5.41, 5.74) is 3.04. The van der Waals surface area contributed by atoms with Crippen molar-refractivity contribution in [1.29, 1.82) is 0 Å². The molecular formula is C24H25ClN2O4S. The monoisotopic (exact) mass is 472 g/mol. The van der Waals surface area contributed by atoms with Crippen LogP contribution >= 0.6 is 11.6 Å². The Morgan fingerprint density at radius 3 is 2.16 bits per heavy atom. The summed E-state index contributed by atoms with van der Waals surface area (Å²) in [7, 11) is -3.75. The molecule has 3 rings (SSSR count). The summed E-state index contributed by atoms with van der Waals surface area (Å²) in [6.45, 7) is 5.73. The summed E-state index contributed by atoms with van der Waals surface area (Å²) >= 11 is 5.87. The minimum atomic E-state index is -3.75. The van der Waals surface area contributed by atoms with Gasteiger partial charge in [0.2, 0.25) is 0 Å². The molecule has 0 heterocycles. The second-order valence-electron chi connectivity index (χ2n) is 7.39. The number of anilines is 2. The van der Waals surface area contributed by atoms with Crippen LogP contribution in [-0.4, -0.2) is 20.4 Å². The maximum absolute atomic E-state index is 12.7. The standard InChI is InChI=1S/C24H25ClN2O4S/c1-4-23(31-21-11-6-18(25)7-12-21)24(28)26-19-9-13-22(14-10-19)32(29,30)27-20-8-5-16(2)17(3)15-20/h5-15,23,27H,4H2,1-3H3,(H,26,28)/t23-/m1/s1. The van der Waals surface area contributed by atoms with Gasteiger partial charge in [-0.05, 0) is 92.1 Å². The fourth-order valence-electron chi connectivity index (χ4n) is 2.96. The Kier molecular flexibility index (Phi) is 7.43. The van der Waals surface area contributed by atoms with Crippen LogP contribution in [0, 0.1) is 13.8 Å². The van der Waals surface area contributed by atoms with Crippen molar-refractivity contribution < 1.29 is 17.9 Å². The number of aryl methyl sites for hydroxylation is 2. The van der Waals surface area contributed by atoms with Gasteiger partial charge in [-0.25, -0.2) is 8.42 Å². The van der Waals surface area contributed by atoms with Crippen LogP contribution in [-0.2, 0) is 14.8 Å². The quantitative estimate of drug-likeness (QED) is 0.450. The Labute approximate surface area is 193 Å². The van der Waals surface area contributed by atoms with E-state index < -0.39 is 16.1 Å². The number of amides is 1. The molecule has 0 fully saturated rings. The van der Waals surface area contributed by atoms with Crippen LogP contribution in [0.2, 0.25) is 5.02 Å². The van der Waals surface area contributed by atoms with Gasteiger partial charge < -0.3 is 10.1 Å². The third-order valence-electron chi connectivity index (χ3n) is 4.95. The van der Waals surface area contributed by atoms with Gasteiger partial charge >= 0.3 is 0 Å². The van der Waals surface area contributed by atoms with Crippen LogP contribution in [0.3, 0.4) is 0 Å². The van der Waals surface area contributed by atoms with E-state index in [4.69, 9.17) is 16.3 Å². The lowest BCUT2D eigenvalue weighted by molar-refractivity contribution is -0.122. The second-order valence-corrected chi connectivity index (χ2v) is 9.51. The van der Waals surface area contributed by atoms with Crippen molar-refractivity contribution >= 4 is 38.9 Å². The first-order chi connectivity index (χ1) is 15.2. The maximum Gasteiger partial charge on any atom is 0.265 e. The van der Waals surface area contributed by atoms with Crippen molar-refractivity contribution in [2.24, 2.45) is 0 Å². The number of hydrogen-bond acceptors (Lipinski definition) is 4. The summed E-state index contributed by atoms with van der Waals surface area (Å²) < 4.78 is 33.7. The zero-order valence-electron chi connectivity index (χ0n) is 18.1. The molecule has 2 N–H and O–H groups in total. The normalized spacial score (nSPS) is 12.1. The predicted molar refractivity (Wildman–Crippen MR) is 128 cm³/mol. The third-order valence-corrected chi connectivity index (χ3v) is 6.60. The molecule has 32 heavy (non-hydrogen) atoms. The van der Waals surface area contributed by atoms with Crippen molar-refractivity contribution in [3.8, 4) is 5.75 Å². The van der Waals surface area contributed by atoms with E-state index in [0.29, 0.717) is 28.6 Å². The number of nitrogens with one attached hydrogen (secondary N) is 2. The molecule has 0 aliphatic rings. The predicted octanol–water partition coefficient (Wildman–Crippen LogP) is 5.55. The Balaban J connectivity index is 1.66. The minimum Gasteiger partial charge on any atom is -0.481 e. The van der Waals surface area contributed by atoms with Crippen molar-refractivity contribution in [2.75, 3.05) is 10.0 Å². The van der Waals surface area contributed by atoms with Gasteiger partial charge in [0.15, 0.2) is 6.10 Å². The zero-order chi connectivity index (χ0) is 23.3. The number of benzene rings is 3. The summed E-state index contributed by atoms with van der Waals surface area (Å²) in [5.74, 6) is 0.210. The lowest BCUT2D eigenvalue weighted by Crippen LogP contribution is -2.32. The zero-order valence-corrected chi connectivity index (χ0v) is 19.6. The topological polar surface area (TPSA) is 84.5 Å². The first-order valence-corrected chi connectivity index (χ1v) is 12.0. The van der Waals surface area contributed by atoms with Crippen LogP contribution in [0.15, 0.2) is 71.6 Å². The van der Waals surface area contributed by atoms with Crippen LogP contribution in [0.5, 0.6) is 5.75 Å². The molecule has 8 heteroatoms. The van der Waals surface area contributed by atoms with E-state index in [1.165, 1.54) is 12.1 Å². The van der Waals surface area contributed by atoms with E-state index in [0.717, 1.165) is 11.1 Å². The van der Waals surface area contributed by atoms with Gasteiger partial charge in [0.1, 0.15) is 5.75 Å². The van der Waals surface area contributed by atoms with Crippen LogP contribution in [0.4, 0.5) is 11.4 Å². The molecule has 168 valence electrons. The first kappa shape index (κ1) is 23.6. The molecule has 1 atom stereocenters. The molecule has 3 aromatic rings. The molecule has 0 unspecified atom stereocenters. The summed E-state index contributed by atoms with van der Waals surface area (Å²) in [5, 5.41) is 3.34. The first-order valence-electron chi connectivity index (χ1n) is 10.1. The number of sulfonamides is 1. The molecule has 0 spiro atoms. The van der Waals surface area contributed by atoms with Gasteiger partial charge in [-0.3, -0.25) is 9.52 Å². The molecule has 0 saturated heterocycles. The van der Waals surface area contributed by atoms with Crippen LogP contribution < -0.4 is 14.8 Å². The summed E-state index contributed by atoms with van der Waals surface area (Å²) in [4.78, 5) is 12.7. The number of hydrogen-bond donors (Lipinski definition) is 2. The number of carbonyl (C=O) groups excluding carboxylic acids is 1. The highest BCUT2D eigenvalue weighted by Gasteiger charge is 2.19. The molecule has 0 aliphatic heterocycles. The number of ether oxygens (including phenoxy) is 1. The number of carbonyl (C=O) groups is 1. The van der Waals surface area contributed by atoms with Crippen molar-refractivity contribution in [3.63, 3.8) is 0 Å². The van der Waals surface area contributed by atoms with E-state index in [2.05, 4.69) is 10.0 Å². The Morgan fingerprint density at radius 1 is 0.938 bits per heavy atom. The fraction of sp³-hybridized carbons (Fsp3) is 0.208. The third kappa shape index (κ3) is 6.02. The van der Waals surface area contributed by atoms with Gasteiger partial charge in [0.25, 0.3) is 15.9 Å². The average Bonchev–Trinajstić information content (AvgIpc) is 2.76. The highest BCUT2D eigenvalue weighted by Crippen LogP contribution is 2.22.